The first-order chi connectivity index (χ1) is 17.7. The van der Waals surface area contributed by atoms with Crippen molar-refractivity contribution in [2.24, 2.45) is 0 Å². The van der Waals surface area contributed by atoms with Gasteiger partial charge in [-0.25, -0.2) is 19.3 Å². The number of benzene rings is 2. The van der Waals surface area contributed by atoms with Crippen molar-refractivity contribution < 1.29 is 9.59 Å². The molecule has 37 heavy (non-hydrogen) atoms. The summed E-state index contributed by atoms with van der Waals surface area (Å²) in [7, 11) is 3.20. The molecule has 2 heterocycles. The van der Waals surface area contributed by atoms with Gasteiger partial charge in [0.15, 0.2) is 0 Å². The van der Waals surface area contributed by atoms with E-state index in [-0.39, 0.29) is 11.5 Å². The van der Waals surface area contributed by atoms with Crippen LogP contribution in [0.15, 0.2) is 78.4 Å². The molecule has 4 aromatic rings. The molecule has 0 radical (unpaired) electrons. The molecule has 0 aliphatic carbocycles. The Morgan fingerprint density at radius 2 is 1.92 bits per heavy atom. The van der Waals surface area contributed by atoms with E-state index in [0.29, 0.717) is 29.1 Å². The van der Waals surface area contributed by atoms with E-state index in [1.807, 2.05) is 56.3 Å². The van der Waals surface area contributed by atoms with Crippen molar-refractivity contribution >= 4 is 40.2 Å². The van der Waals surface area contributed by atoms with Gasteiger partial charge in [0, 0.05) is 49.8 Å². The monoisotopic (exact) mass is 496 g/mol. The van der Waals surface area contributed by atoms with Crippen molar-refractivity contribution in [2.75, 3.05) is 30.9 Å². The van der Waals surface area contributed by atoms with E-state index in [9.17, 15) is 14.4 Å². The second kappa shape index (κ2) is 10.4. The van der Waals surface area contributed by atoms with Crippen LogP contribution in [-0.4, -0.2) is 52.0 Å². The molecule has 0 unspecified atom stereocenters. The van der Waals surface area contributed by atoms with Gasteiger partial charge in [-0.3, -0.25) is 9.59 Å². The Bertz CT molecular complexity index is 1570. The number of hydrogen-bond acceptors (Lipinski definition) is 6. The standard InChI is InChI=1S/C28H28N6O3/c1-6-24(35)33(7-2)22-10-8-9-21(16-22)30-27-29-17-20-15-19(11-12-23(20)31-27)25-18(3)13-14-34(26(25)36)28(37)32(4)5/h6,8-17H,1,7H2,2-5H3,(H,29,30,31). The Morgan fingerprint density at radius 3 is 2.62 bits per heavy atom. The highest BCUT2D eigenvalue weighted by Gasteiger charge is 2.16. The normalized spacial score (nSPS) is 10.7. The molecule has 0 fully saturated rings. The van der Waals surface area contributed by atoms with Crippen molar-refractivity contribution in [3.8, 4) is 11.1 Å². The summed E-state index contributed by atoms with van der Waals surface area (Å²) < 4.78 is 1.10. The number of anilines is 3. The Hall–Kier alpha value is -4.79. The van der Waals surface area contributed by atoms with Gasteiger partial charge in [0.1, 0.15) is 0 Å². The summed E-state index contributed by atoms with van der Waals surface area (Å²) in [6.45, 7) is 7.81. The van der Waals surface area contributed by atoms with Gasteiger partial charge in [-0.15, -0.1) is 0 Å². The number of aryl methyl sites for hydroxylation is 1. The lowest BCUT2D eigenvalue weighted by atomic mass is 10.0. The lowest BCUT2D eigenvalue weighted by Crippen LogP contribution is -2.35. The van der Waals surface area contributed by atoms with Gasteiger partial charge in [0.2, 0.25) is 11.9 Å². The predicted molar refractivity (Wildman–Crippen MR) is 146 cm³/mol. The number of hydrogen-bond donors (Lipinski definition) is 1. The van der Waals surface area contributed by atoms with E-state index >= 15 is 0 Å². The van der Waals surface area contributed by atoms with E-state index < -0.39 is 6.03 Å². The summed E-state index contributed by atoms with van der Waals surface area (Å²) >= 11 is 0. The maximum atomic E-state index is 13.1. The highest BCUT2D eigenvalue weighted by molar-refractivity contribution is 6.01. The molecule has 2 aromatic heterocycles. The smallest absolute Gasteiger partial charge is 0.330 e. The van der Waals surface area contributed by atoms with Crippen molar-refractivity contribution in [3.05, 3.63) is 89.5 Å². The zero-order valence-electron chi connectivity index (χ0n) is 21.2. The number of nitrogens with one attached hydrogen (secondary N) is 1. The summed E-state index contributed by atoms with van der Waals surface area (Å²) in [5, 5.41) is 3.93. The molecule has 2 aromatic carbocycles. The van der Waals surface area contributed by atoms with Crippen molar-refractivity contribution in [2.45, 2.75) is 13.8 Å². The molecule has 0 spiro atoms. The summed E-state index contributed by atoms with van der Waals surface area (Å²) in [5.74, 6) is 0.217. The molecule has 9 heteroatoms. The Balaban J connectivity index is 1.65. The number of nitrogens with zero attached hydrogens (tertiary/aromatic N) is 5. The SMILES string of the molecule is C=CC(=O)N(CC)c1cccc(Nc2ncc3cc(-c4c(C)ccn(C(=O)N(C)C)c4=O)ccc3n2)c1. The highest BCUT2D eigenvalue weighted by Crippen LogP contribution is 2.26. The molecule has 0 saturated carbocycles. The predicted octanol–water partition coefficient (Wildman–Crippen LogP) is 4.58. The molecule has 188 valence electrons. The third-order valence-electron chi connectivity index (χ3n) is 5.93. The number of amides is 2. The number of carbonyl (C=O) groups excluding carboxylic acids is 2. The minimum absolute atomic E-state index is 0.177. The van der Waals surface area contributed by atoms with Gasteiger partial charge < -0.3 is 15.1 Å². The first kappa shape index (κ1) is 25.3. The molecule has 0 atom stereocenters. The number of fused-ring (bicyclic) bond motifs is 1. The fourth-order valence-corrected chi connectivity index (χ4v) is 4.05. The Morgan fingerprint density at radius 1 is 1.14 bits per heavy atom. The number of pyridine rings is 1. The van der Waals surface area contributed by atoms with Crippen LogP contribution in [0.2, 0.25) is 0 Å². The van der Waals surface area contributed by atoms with Crippen molar-refractivity contribution in [3.63, 3.8) is 0 Å². The number of likely N-dealkylation sites (N-methyl/N-ethyl adjacent to an activating group) is 1. The van der Waals surface area contributed by atoms with Gasteiger partial charge in [-0.1, -0.05) is 18.7 Å². The third-order valence-corrected chi connectivity index (χ3v) is 5.93. The fraction of sp³-hybridized carbons (Fsp3) is 0.179. The molecule has 2 amide bonds. The number of rotatable bonds is 6. The highest BCUT2D eigenvalue weighted by atomic mass is 16.2. The minimum Gasteiger partial charge on any atom is -0.330 e. The first-order valence-electron chi connectivity index (χ1n) is 11.8. The van der Waals surface area contributed by atoms with Crippen LogP contribution in [0.4, 0.5) is 22.1 Å². The Labute approximate surface area is 214 Å². The Kier molecular flexibility index (Phi) is 7.15. The molecule has 9 nitrogen and oxygen atoms in total. The molecule has 4 rings (SSSR count). The van der Waals surface area contributed by atoms with E-state index in [1.54, 1.807) is 31.3 Å². The summed E-state index contributed by atoms with van der Waals surface area (Å²) in [4.78, 5) is 49.7. The second-order valence-corrected chi connectivity index (χ2v) is 8.66. The topological polar surface area (TPSA) is 100 Å². The zero-order chi connectivity index (χ0) is 26.7. The van der Waals surface area contributed by atoms with E-state index in [4.69, 9.17) is 0 Å². The maximum absolute atomic E-state index is 13.1. The molecular formula is C28H28N6O3. The molecule has 0 saturated heterocycles. The first-order valence-corrected chi connectivity index (χ1v) is 11.8. The van der Waals surface area contributed by atoms with Crippen molar-refractivity contribution in [1.82, 2.24) is 19.4 Å². The van der Waals surface area contributed by atoms with Crippen molar-refractivity contribution in [1.29, 1.82) is 0 Å². The van der Waals surface area contributed by atoms with Crippen LogP contribution in [0.1, 0.15) is 12.5 Å². The van der Waals surface area contributed by atoms with Gasteiger partial charge in [-0.05, 0) is 67.4 Å². The van der Waals surface area contributed by atoms with E-state index in [1.165, 1.54) is 17.2 Å². The number of aromatic nitrogens is 3. The average Bonchev–Trinajstić information content (AvgIpc) is 2.89. The van der Waals surface area contributed by atoms with Crippen LogP contribution in [-0.2, 0) is 4.79 Å². The number of carbonyl (C=O) groups is 2. The summed E-state index contributed by atoms with van der Waals surface area (Å²) in [5.41, 5.74) is 3.67. The van der Waals surface area contributed by atoms with Crippen LogP contribution < -0.4 is 15.8 Å². The quantitative estimate of drug-likeness (QED) is 0.392. The molecule has 0 aliphatic heterocycles. The van der Waals surface area contributed by atoms with Gasteiger partial charge in [0.05, 0.1) is 11.1 Å². The molecule has 0 bridgehead atoms. The molecule has 1 N–H and O–H groups in total. The van der Waals surface area contributed by atoms with Crippen LogP contribution in [0.25, 0.3) is 22.0 Å². The van der Waals surface area contributed by atoms with E-state index in [0.717, 1.165) is 26.9 Å². The minimum atomic E-state index is -0.411. The van der Waals surface area contributed by atoms with E-state index in [2.05, 4.69) is 21.9 Å². The third kappa shape index (κ3) is 5.11. The van der Waals surface area contributed by atoms with Gasteiger partial charge in [-0.2, -0.15) is 0 Å². The largest absolute Gasteiger partial charge is 0.330 e. The van der Waals surface area contributed by atoms with Crippen LogP contribution >= 0.6 is 0 Å². The van der Waals surface area contributed by atoms with Gasteiger partial charge in [0.25, 0.3) is 5.56 Å². The molecule has 0 aliphatic rings. The lowest BCUT2D eigenvalue weighted by molar-refractivity contribution is -0.114. The second-order valence-electron chi connectivity index (χ2n) is 8.66. The van der Waals surface area contributed by atoms with Crippen LogP contribution in [0.3, 0.4) is 0 Å². The van der Waals surface area contributed by atoms with Gasteiger partial charge >= 0.3 is 6.03 Å². The summed E-state index contributed by atoms with van der Waals surface area (Å²) in [6.07, 6.45) is 4.46. The summed E-state index contributed by atoms with van der Waals surface area (Å²) in [6, 6.07) is 14.2. The fourth-order valence-electron chi connectivity index (χ4n) is 4.05. The lowest BCUT2D eigenvalue weighted by Gasteiger charge is -2.20. The average molecular weight is 497 g/mol. The van der Waals surface area contributed by atoms with Crippen LogP contribution in [0, 0.1) is 6.92 Å². The van der Waals surface area contributed by atoms with Crippen LogP contribution in [0.5, 0.6) is 0 Å². The maximum Gasteiger partial charge on any atom is 0.330 e. The molecular weight excluding hydrogens is 468 g/mol. The zero-order valence-corrected chi connectivity index (χ0v) is 21.2.